The fraction of sp³-hybridized carbons (Fsp3) is 0.125. The summed E-state index contributed by atoms with van der Waals surface area (Å²) in [5, 5.41) is 0. The maximum atomic E-state index is 5.76. The first-order valence-corrected chi connectivity index (χ1v) is 4.36. The van der Waals surface area contributed by atoms with Crippen molar-refractivity contribution in [3.63, 3.8) is 0 Å². The summed E-state index contributed by atoms with van der Waals surface area (Å²) in [5.41, 5.74) is 2.59. The maximum absolute atomic E-state index is 5.76. The van der Waals surface area contributed by atoms with Gasteiger partial charge in [0.05, 0.1) is 0 Å². The molecule has 2 radical (unpaired) electrons. The zero-order chi connectivity index (χ0) is 8.72. The average Bonchev–Trinajstić information content (AvgIpc) is 2.33. The normalized spacial score (nSPS) is 10.8. The van der Waals surface area contributed by atoms with Crippen LogP contribution in [0.2, 0.25) is 0 Å². The Bertz CT molecular complexity index is 436. The molecule has 0 N–H and O–H groups in total. The summed E-state index contributed by atoms with van der Waals surface area (Å²) < 4.78 is 2.92. The molecule has 2 nitrogen and oxygen atoms in total. The van der Waals surface area contributed by atoms with Crippen molar-refractivity contribution in [2.75, 3.05) is 0 Å². The van der Waals surface area contributed by atoms with E-state index >= 15 is 0 Å². The third kappa shape index (κ3) is 1.07. The van der Waals surface area contributed by atoms with Crippen LogP contribution in [0, 0.1) is 6.92 Å². The Balaban J connectivity index is 2.92. The molecule has 0 fully saturated rings. The van der Waals surface area contributed by atoms with Gasteiger partial charge in [0, 0.05) is 22.6 Å². The van der Waals surface area contributed by atoms with Gasteiger partial charge in [-0.15, -0.1) is 0 Å². The number of fused-ring (bicyclic) bond motifs is 1. The highest BCUT2D eigenvalue weighted by molar-refractivity contribution is 9.10. The van der Waals surface area contributed by atoms with Crippen LogP contribution < -0.4 is 5.46 Å². The summed E-state index contributed by atoms with van der Waals surface area (Å²) in [6.45, 7) is 1.99. The number of nitrogens with zero attached hydrogens (tertiary/aromatic N) is 2. The number of halogens is 1. The van der Waals surface area contributed by atoms with Crippen LogP contribution in [0.25, 0.3) is 5.65 Å². The molecular formula is C8H6BBrN2. The fourth-order valence-corrected chi connectivity index (χ4v) is 1.65. The monoisotopic (exact) mass is 220 g/mol. The molecule has 12 heavy (non-hydrogen) atoms. The van der Waals surface area contributed by atoms with E-state index in [0.717, 1.165) is 15.8 Å². The van der Waals surface area contributed by atoms with Gasteiger partial charge in [-0.25, -0.2) is 4.98 Å². The van der Waals surface area contributed by atoms with Gasteiger partial charge in [0.25, 0.3) is 0 Å². The van der Waals surface area contributed by atoms with Crippen molar-refractivity contribution >= 4 is 34.9 Å². The van der Waals surface area contributed by atoms with Gasteiger partial charge in [-0.1, -0.05) is 5.46 Å². The SMILES string of the molecule is [B]c1cc(Br)cn2c(C)cnc12. The smallest absolute Gasteiger partial charge is 0.129 e. The Morgan fingerprint density at radius 3 is 3.08 bits per heavy atom. The predicted molar refractivity (Wildman–Crippen MR) is 53.0 cm³/mol. The first-order valence-electron chi connectivity index (χ1n) is 3.57. The summed E-state index contributed by atoms with van der Waals surface area (Å²) in [6, 6.07) is 1.85. The van der Waals surface area contributed by atoms with Gasteiger partial charge in [0.1, 0.15) is 13.5 Å². The second kappa shape index (κ2) is 2.63. The lowest BCUT2D eigenvalue weighted by Crippen LogP contribution is -2.07. The van der Waals surface area contributed by atoms with Crippen molar-refractivity contribution in [2.45, 2.75) is 6.92 Å². The number of hydrogen-bond acceptors (Lipinski definition) is 1. The van der Waals surface area contributed by atoms with E-state index in [-0.39, 0.29) is 0 Å². The Morgan fingerprint density at radius 1 is 1.58 bits per heavy atom. The van der Waals surface area contributed by atoms with E-state index in [1.165, 1.54) is 0 Å². The van der Waals surface area contributed by atoms with Crippen LogP contribution >= 0.6 is 15.9 Å². The number of rotatable bonds is 0. The molecule has 4 heteroatoms. The number of pyridine rings is 1. The standard InChI is InChI=1S/C8H6BBrN2/c1-5-3-11-8-7(9)2-6(10)4-12(5)8/h2-4H,1H3. The molecule has 2 aromatic heterocycles. The Hall–Kier alpha value is -0.765. The maximum Gasteiger partial charge on any atom is 0.129 e. The van der Waals surface area contributed by atoms with Gasteiger partial charge in [0.15, 0.2) is 0 Å². The lowest BCUT2D eigenvalue weighted by molar-refractivity contribution is 1.11. The quantitative estimate of drug-likeness (QED) is 0.610. The van der Waals surface area contributed by atoms with E-state index in [2.05, 4.69) is 20.9 Å². The van der Waals surface area contributed by atoms with Crippen LogP contribution in [0.3, 0.4) is 0 Å². The first kappa shape index (κ1) is 7.86. The van der Waals surface area contributed by atoms with Crippen LogP contribution in [0.1, 0.15) is 5.69 Å². The number of aryl methyl sites for hydroxylation is 1. The first-order chi connectivity index (χ1) is 5.68. The van der Waals surface area contributed by atoms with Crippen LogP contribution in [0.15, 0.2) is 22.9 Å². The van der Waals surface area contributed by atoms with Gasteiger partial charge in [-0.05, 0) is 28.9 Å². The van der Waals surface area contributed by atoms with Crippen molar-refractivity contribution in [3.8, 4) is 0 Å². The van der Waals surface area contributed by atoms with Crippen molar-refractivity contribution in [1.29, 1.82) is 0 Å². The van der Waals surface area contributed by atoms with Crippen molar-refractivity contribution < 1.29 is 0 Å². The zero-order valence-electron chi connectivity index (χ0n) is 6.58. The molecule has 2 rings (SSSR count). The van der Waals surface area contributed by atoms with E-state index < -0.39 is 0 Å². The third-order valence-corrected chi connectivity index (χ3v) is 2.22. The highest BCUT2D eigenvalue weighted by Crippen LogP contribution is 2.10. The van der Waals surface area contributed by atoms with Crippen LogP contribution in [0.4, 0.5) is 0 Å². The predicted octanol–water partition coefficient (Wildman–Crippen LogP) is 1.20. The van der Waals surface area contributed by atoms with E-state index in [1.807, 2.05) is 23.6 Å². The molecule has 0 aliphatic carbocycles. The molecular weight excluding hydrogens is 215 g/mol. The molecule has 0 saturated heterocycles. The lowest BCUT2D eigenvalue weighted by atomic mass is 9.98. The topological polar surface area (TPSA) is 17.3 Å². The molecule has 0 aliphatic heterocycles. The zero-order valence-corrected chi connectivity index (χ0v) is 8.17. The number of aromatic nitrogens is 2. The average molecular weight is 221 g/mol. The summed E-state index contributed by atoms with van der Waals surface area (Å²) in [4.78, 5) is 4.18. The minimum absolute atomic E-state index is 0.692. The van der Waals surface area contributed by atoms with Gasteiger partial charge >= 0.3 is 0 Å². The van der Waals surface area contributed by atoms with Gasteiger partial charge in [0.2, 0.25) is 0 Å². The lowest BCUT2D eigenvalue weighted by Gasteiger charge is -2.00. The number of hydrogen-bond donors (Lipinski definition) is 0. The fourth-order valence-electron chi connectivity index (χ4n) is 1.20. The second-order valence-corrected chi connectivity index (χ2v) is 3.62. The minimum Gasteiger partial charge on any atom is -0.304 e. The Kier molecular flexibility index (Phi) is 1.72. The highest BCUT2D eigenvalue weighted by atomic mass is 79.9. The molecule has 0 bridgehead atoms. The summed E-state index contributed by atoms with van der Waals surface area (Å²) in [7, 11) is 5.76. The van der Waals surface area contributed by atoms with E-state index in [1.54, 1.807) is 6.20 Å². The molecule has 0 atom stereocenters. The minimum atomic E-state index is 0.692. The molecule has 0 spiro atoms. The van der Waals surface area contributed by atoms with Gasteiger partial charge in [-0.3, -0.25) is 0 Å². The summed E-state index contributed by atoms with van der Waals surface area (Å²) in [6.07, 6.45) is 3.76. The van der Waals surface area contributed by atoms with Crippen molar-refractivity contribution in [3.05, 3.63) is 28.6 Å². The van der Waals surface area contributed by atoms with Gasteiger partial charge < -0.3 is 4.40 Å². The van der Waals surface area contributed by atoms with E-state index in [4.69, 9.17) is 7.85 Å². The van der Waals surface area contributed by atoms with E-state index in [0.29, 0.717) is 5.46 Å². The molecule has 0 aromatic carbocycles. The third-order valence-electron chi connectivity index (χ3n) is 1.79. The van der Waals surface area contributed by atoms with Crippen molar-refractivity contribution in [1.82, 2.24) is 9.38 Å². The molecule has 0 amide bonds. The van der Waals surface area contributed by atoms with Crippen LogP contribution in [0.5, 0.6) is 0 Å². The Labute approximate surface area is 80.2 Å². The molecule has 0 unspecified atom stereocenters. The molecule has 2 heterocycles. The second-order valence-electron chi connectivity index (χ2n) is 2.71. The van der Waals surface area contributed by atoms with E-state index in [9.17, 15) is 0 Å². The van der Waals surface area contributed by atoms with Crippen LogP contribution in [-0.2, 0) is 0 Å². The Morgan fingerprint density at radius 2 is 2.33 bits per heavy atom. The summed E-state index contributed by atoms with van der Waals surface area (Å²) in [5.74, 6) is 0. The largest absolute Gasteiger partial charge is 0.304 e. The molecule has 0 aliphatic rings. The molecule has 58 valence electrons. The summed E-state index contributed by atoms with van der Waals surface area (Å²) >= 11 is 3.37. The van der Waals surface area contributed by atoms with Crippen molar-refractivity contribution in [2.24, 2.45) is 0 Å². The number of imidazole rings is 1. The highest BCUT2D eigenvalue weighted by Gasteiger charge is 2.01. The molecule has 0 saturated carbocycles. The molecule has 2 aromatic rings. The van der Waals surface area contributed by atoms with Gasteiger partial charge in [-0.2, -0.15) is 0 Å². The van der Waals surface area contributed by atoms with Crippen LogP contribution in [-0.4, -0.2) is 17.2 Å².